The molecule has 0 aliphatic carbocycles. The second-order valence-corrected chi connectivity index (χ2v) is 4.50. The smallest absolute Gasteiger partial charge is 0.0675 e. The molecule has 1 atom stereocenters. The molecular weight excluding hydrogens is 224 g/mol. The first-order chi connectivity index (χ1) is 8.70. The molecule has 2 aromatic heterocycles. The lowest BCUT2D eigenvalue weighted by atomic mass is 10.0. The first kappa shape index (κ1) is 12.7. The van der Waals surface area contributed by atoms with Crippen molar-refractivity contribution in [1.29, 1.82) is 0 Å². The second kappa shape index (κ2) is 5.71. The zero-order chi connectivity index (χ0) is 13.0. The molecule has 2 heterocycles. The van der Waals surface area contributed by atoms with Gasteiger partial charge in [0.2, 0.25) is 0 Å². The van der Waals surface area contributed by atoms with E-state index in [-0.39, 0.29) is 6.04 Å². The van der Waals surface area contributed by atoms with Gasteiger partial charge in [-0.2, -0.15) is 0 Å². The molecule has 18 heavy (non-hydrogen) atoms. The van der Waals surface area contributed by atoms with E-state index in [4.69, 9.17) is 5.84 Å². The van der Waals surface area contributed by atoms with Crippen molar-refractivity contribution in [2.45, 2.75) is 26.3 Å². The monoisotopic (exact) mass is 242 g/mol. The van der Waals surface area contributed by atoms with E-state index in [2.05, 4.69) is 28.4 Å². The number of nitrogens with zero attached hydrogens (tertiary/aromatic N) is 2. The molecule has 1 unspecified atom stereocenters. The summed E-state index contributed by atoms with van der Waals surface area (Å²) in [6, 6.07) is 6.10. The van der Waals surface area contributed by atoms with Crippen LogP contribution in [-0.4, -0.2) is 9.97 Å². The van der Waals surface area contributed by atoms with Crippen molar-refractivity contribution >= 4 is 0 Å². The van der Waals surface area contributed by atoms with Crippen LogP contribution in [0.4, 0.5) is 0 Å². The molecule has 0 aromatic carbocycles. The topological polar surface area (TPSA) is 63.8 Å². The van der Waals surface area contributed by atoms with Crippen LogP contribution >= 0.6 is 0 Å². The lowest BCUT2D eigenvalue weighted by Crippen LogP contribution is -2.30. The van der Waals surface area contributed by atoms with Crippen LogP contribution in [-0.2, 0) is 6.42 Å². The number of hydrogen-bond donors (Lipinski definition) is 2. The maximum absolute atomic E-state index is 5.65. The highest BCUT2D eigenvalue weighted by molar-refractivity contribution is 5.27. The van der Waals surface area contributed by atoms with Gasteiger partial charge in [0.05, 0.1) is 11.7 Å². The van der Waals surface area contributed by atoms with Gasteiger partial charge in [0.15, 0.2) is 0 Å². The maximum Gasteiger partial charge on any atom is 0.0675 e. The zero-order valence-corrected chi connectivity index (χ0v) is 10.7. The predicted molar refractivity (Wildman–Crippen MR) is 71.7 cm³/mol. The lowest BCUT2D eigenvalue weighted by molar-refractivity contribution is 0.534. The number of hydrazine groups is 1. The van der Waals surface area contributed by atoms with Crippen LogP contribution in [0.1, 0.15) is 28.4 Å². The molecule has 4 nitrogen and oxygen atoms in total. The SMILES string of the molecule is Cc1cnc(C(Cc2cccnc2)NN)c(C)c1. The van der Waals surface area contributed by atoms with Crippen molar-refractivity contribution in [3.63, 3.8) is 0 Å². The standard InChI is InChI=1S/C14H18N4/c1-10-6-11(2)14(17-8-10)13(18-15)7-12-4-3-5-16-9-12/h3-6,8-9,13,18H,7,15H2,1-2H3. The molecule has 0 bridgehead atoms. The summed E-state index contributed by atoms with van der Waals surface area (Å²) in [5.74, 6) is 5.65. The van der Waals surface area contributed by atoms with Gasteiger partial charge in [-0.1, -0.05) is 12.1 Å². The normalized spacial score (nSPS) is 12.4. The van der Waals surface area contributed by atoms with E-state index in [0.717, 1.165) is 28.8 Å². The second-order valence-electron chi connectivity index (χ2n) is 4.50. The van der Waals surface area contributed by atoms with Gasteiger partial charge >= 0.3 is 0 Å². The highest BCUT2D eigenvalue weighted by Gasteiger charge is 2.14. The Kier molecular flexibility index (Phi) is 4.02. The Hall–Kier alpha value is -1.78. The molecule has 2 aromatic rings. The third-order valence-corrected chi connectivity index (χ3v) is 2.95. The molecule has 0 spiro atoms. The van der Waals surface area contributed by atoms with Gasteiger partial charge in [-0.25, -0.2) is 0 Å². The van der Waals surface area contributed by atoms with E-state index < -0.39 is 0 Å². The molecule has 2 rings (SSSR count). The van der Waals surface area contributed by atoms with Gasteiger partial charge in [0.25, 0.3) is 0 Å². The Morgan fingerprint density at radius 1 is 1.33 bits per heavy atom. The number of aryl methyl sites for hydroxylation is 2. The van der Waals surface area contributed by atoms with Crippen LogP contribution < -0.4 is 11.3 Å². The highest BCUT2D eigenvalue weighted by Crippen LogP contribution is 2.19. The quantitative estimate of drug-likeness (QED) is 0.634. The van der Waals surface area contributed by atoms with E-state index in [0.29, 0.717) is 0 Å². The van der Waals surface area contributed by atoms with Crippen molar-refractivity contribution in [3.05, 3.63) is 59.2 Å². The number of nitrogens with two attached hydrogens (primary N) is 1. The Bertz CT molecular complexity index is 510. The summed E-state index contributed by atoms with van der Waals surface area (Å²) < 4.78 is 0. The average Bonchev–Trinajstić information content (AvgIpc) is 2.38. The van der Waals surface area contributed by atoms with E-state index in [1.165, 1.54) is 0 Å². The molecule has 0 fully saturated rings. The zero-order valence-electron chi connectivity index (χ0n) is 10.7. The number of hydrogen-bond acceptors (Lipinski definition) is 4. The summed E-state index contributed by atoms with van der Waals surface area (Å²) in [4.78, 5) is 8.60. The number of nitrogens with one attached hydrogen (secondary N) is 1. The fraction of sp³-hybridized carbons (Fsp3) is 0.286. The number of pyridine rings is 2. The minimum absolute atomic E-state index is 0.00907. The van der Waals surface area contributed by atoms with Crippen molar-refractivity contribution in [3.8, 4) is 0 Å². The summed E-state index contributed by atoms with van der Waals surface area (Å²) in [5.41, 5.74) is 7.29. The summed E-state index contributed by atoms with van der Waals surface area (Å²) >= 11 is 0. The lowest BCUT2D eigenvalue weighted by Gasteiger charge is -2.17. The molecule has 0 radical (unpaired) electrons. The largest absolute Gasteiger partial charge is 0.271 e. The highest BCUT2D eigenvalue weighted by atomic mass is 15.2. The third kappa shape index (κ3) is 2.91. The van der Waals surface area contributed by atoms with Crippen LogP contribution in [0.2, 0.25) is 0 Å². The summed E-state index contributed by atoms with van der Waals surface area (Å²) in [6.07, 6.45) is 6.27. The van der Waals surface area contributed by atoms with Crippen molar-refractivity contribution in [2.75, 3.05) is 0 Å². The van der Waals surface area contributed by atoms with Gasteiger partial charge < -0.3 is 0 Å². The molecule has 0 aliphatic heterocycles. The Morgan fingerprint density at radius 2 is 2.17 bits per heavy atom. The minimum atomic E-state index is 0.00907. The fourth-order valence-electron chi connectivity index (χ4n) is 2.08. The third-order valence-electron chi connectivity index (χ3n) is 2.95. The Labute approximate surface area is 107 Å². The first-order valence-electron chi connectivity index (χ1n) is 5.99. The fourth-order valence-corrected chi connectivity index (χ4v) is 2.08. The van der Waals surface area contributed by atoms with E-state index in [1.54, 1.807) is 6.20 Å². The van der Waals surface area contributed by atoms with E-state index in [9.17, 15) is 0 Å². The number of aromatic nitrogens is 2. The van der Waals surface area contributed by atoms with Gasteiger partial charge in [-0.3, -0.25) is 21.2 Å². The molecule has 0 aliphatic rings. The molecule has 0 saturated carbocycles. The van der Waals surface area contributed by atoms with Gasteiger partial charge in [0, 0.05) is 18.6 Å². The van der Waals surface area contributed by atoms with Crippen LogP contribution in [0.5, 0.6) is 0 Å². The van der Waals surface area contributed by atoms with Crippen LogP contribution in [0.25, 0.3) is 0 Å². The number of rotatable bonds is 4. The van der Waals surface area contributed by atoms with E-state index >= 15 is 0 Å². The van der Waals surface area contributed by atoms with Crippen molar-refractivity contribution < 1.29 is 0 Å². The summed E-state index contributed by atoms with van der Waals surface area (Å²) in [5, 5.41) is 0. The predicted octanol–water partition coefficient (Wildman–Crippen LogP) is 1.84. The minimum Gasteiger partial charge on any atom is -0.271 e. The molecule has 0 amide bonds. The van der Waals surface area contributed by atoms with E-state index in [1.807, 2.05) is 31.5 Å². The van der Waals surface area contributed by atoms with Crippen LogP contribution in [0, 0.1) is 13.8 Å². The molecule has 94 valence electrons. The Balaban J connectivity index is 2.23. The Morgan fingerprint density at radius 3 is 2.78 bits per heavy atom. The van der Waals surface area contributed by atoms with Crippen molar-refractivity contribution in [2.24, 2.45) is 5.84 Å². The molecule has 0 saturated heterocycles. The van der Waals surface area contributed by atoms with Gasteiger partial charge in [-0.05, 0) is 43.0 Å². The van der Waals surface area contributed by atoms with Crippen LogP contribution in [0.3, 0.4) is 0 Å². The van der Waals surface area contributed by atoms with Gasteiger partial charge in [0.1, 0.15) is 0 Å². The average molecular weight is 242 g/mol. The maximum atomic E-state index is 5.65. The summed E-state index contributed by atoms with van der Waals surface area (Å²) in [7, 11) is 0. The molecule has 3 N–H and O–H groups in total. The molecular formula is C14H18N4. The van der Waals surface area contributed by atoms with Gasteiger partial charge in [-0.15, -0.1) is 0 Å². The first-order valence-corrected chi connectivity index (χ1v) is 5.99. The summed E-state index contributed by atoms with van der Waals surface area (Å²) in [6.45, 7) is 4.10. The van der Waals surface area contributed by atoms with Crippen molar-refractivity contribution in [1.82, 2.24) is 15.4 Å². The molecule has 4 heteroatoms. The van der Waals surface area contributed by atoms with Crippen LogP contribution in [0.15, 0.2) is 36.8 Å².